The van der Waals surface area contributed by atoms with Crippen LogP contribution < -0.4 is 5.32 Å². The molecule has 0 radical (unpaired) electrons. The number of nitro benzene ring substituents is 1. The monoisotopic (exact) mass is 427 g/mol. The molecule has 146 valence electrons. The maximum absolute atomic E-state index is 12.6. The Labute approximate surface area is 168 Å². The highest BCUT2D eigenvalue weighted by Crippen LogP contribution is 2.32. The van der Waals surface area contributed by atoms with Crippen LogP contribution in [0, 0.1) is 10.1 Å². The Morgan fingerprint density at radius 1 is 1.14 bits per heavy atom. The molecule has 0 spiro atoms. The molecule has 0 unspecified atom stereocenters. The summed E-state index contributed by atoms with van der Waals surface area (Å²) in [4.78, 5) is 27.0. The highest BCUT2D eigenvalue weighted by atomic mass is 32.2. The quantitative estimate of drug-likeness (QED) is 0.388. The van der Waals surface area contributed by atoms with Crippen molar-refractivity contribution in [3.8, 4) is 0 Å². The van der Waals surface area contributed by atoms with Gasteiger partial charge in [-0.05, 0) is 23.6 Å². The highest BCUT2D eigenvalue weighted by Gasteiger charge is 2.24. The molecule has 0 saturated heterocycles. The normalized spacial score (nSPS) is 11.6. The molecule has 0 fully saturated rings. The van der Waals surface area contributed by atoms with E-state index in [1.54, 1.807) is 0 Å². The number of nitrogens with one attached hydrogen (secondary N) is 1. The fraction of sp³-hybridized carbons (Fsp3) is 0.0526. The second kappa shape index (κ2) is 6.90. The number of hydrogen-bond acceptors (Lipinski definition) is 7. The molecular formula is C19H13N3O5S2. The van der Waals surface area contributed by atoms with Gasteiger partial charge in [0.1, 0.15) is 4.90 Å². The lowest BCUT2D eigenvalue weighted by molar-refractivity contribution is -0.387. The van der Waals surface area contributed by atoms with Crippen molar-refractivity contribution in [3.05, 3.63) is 70.3 Å². The Bertz CT molecular complexity index is 1410. The van der Waals surface area contributed by atoms with Gasteiger partial charge in [-0.25, -0.2) is 13.4 Å². The summed E-state index contributed by atoms with van der Waals surface area (Å²) >= 11 is 1.28. The number of nitrogens with zero attached hydrogens (tertiary/aromatic N) is 2. The standard InChI is InChI=1S/C19H13N3O5S2/c1-29(26,27)16-9-7-12(10-14(16)22(24)25)18(23)21-19-20-17-13-5-3-2-4-11(13)6-8-15(17)28-19/h2-10H,1H3,(H,20,21,23). The maximum Gasteiger partial charge on any atom is 0.288 e. The Balaban J connectivity index is 1.70. The summed E-state index contributed by atoms with van der Waals surface area (Å²) in [5.41, 5.74) is 0.0745. The Morgan fingerprint density at radius 2 is 1.90 bits per heavy atom. The molecule has 0 atom stereocenters. The Morgan fingerprint density at radius 3 is 2.62 bits per heavy atom. The van der Waals surface area contributed by atoms with E-state index in [4.69, 9.17) is 0 Å². The first-order valence-electron chi connectivity index (χ1n) is 8.32. The summed E-state index contributed by atoms with van der Waals surface area (Å²) in [5.74, 6) is -0.614. The topological polar surface area (TPSA) is 119 Å². The average Bonchev–Trinajstić information content (AvgIpc) is 3.09. The van der Waals surface area contributed by atoms with Gasteiger partial charge in [-0.15, -0.1) is 0 Å². The van der Waals surface area contributed by atoms with Gasteiger partial charge in [-0.1, -0.05) is 41.7 Å². The number of hydrogen-bond donors (Lipinski definition) is 1. The molecule has 1 N–H and O–H groups in total. The van der Waals surface area contributed by atoms with Gasteiger partial charge in [-0.2, -0.15) is 0 Å². The van der Waals surface area contributed by atoms with Crippen molar-refractivity contribution in [3.63, 3.8) is 0 Å². The van der Waals surface area contributed by atoms with Crippen LogP contribution in [0.5, 0.6) is 0 Å². The highest BCUT2D eigenvalue weighted by molar-refractivity contribution is 7.90. The number of nitro groups is 1. The predicted molar refractivity (Wildman–Crippen MR) is 111 cm³/mol. The Hall–Kier alpha value is -3.37. The SMILES string of the molecule is CS(=O)(=O)c1ccc(C(=O)Nc2nc3c(ccc4ccccc43)s2)cc1[N+](=O)[O-]. The number of anilines is 1. The van der Waals surface area contributed by atoms with Crippen molar-refractivity contribution in [2.24, 2.45) is 0 Å². The molecule has 3 aromatic carbocycles. The maximum atomic E-state index is 12.6. The molecule has 1 aromatic heterocycles. The van der Waals surface area contributed by atoms with Gasteiger partial charge in [0, 0.05) is 23.3 Å². The minimum atomic E-state index is -3.80. The third-order valence-corrected chi connectivity index (χ3v) is 6.40. The molecule has 0 aliphatic rings. The zero-order chi connectivity index (χ0) is 20.8. The van der Waals surface area contributed by atoms with Gasteiger partial charge in [0.25, 0.3) is 11.6 Å². The molecule has 0 aliphatic heterocycles. The summed E-state index contributed by atoms with van der Waals surface area (Å²) in [7, 11) is -3.80. The summed E-state index contributed by atoms with van der Waals surface area (Å²) in [6, 6.07) is 14.9. The minimum absolute atomic E-state index is 0.0341. The van der Waals surface area contributed by atoms with Crippen molar-refractivity contribution in [1.82, 2.24) is 4.98 Å². The van der Waals surface area contributed by atoms with Gasteiger partial charge in [-0.3, -0.25) is 20.2 Å². The van der Waals surface area contributed by atoms with Gasteiger partial charge in [0.05, 0.1) is 15.1 Å². The number of aromatic nitrogens is 1. The van der Waals surface area contributed by atoms with E-state index in [1.807, 2.05) is 36.4 Å². The number of carbonyl (C=O) groups excluding carboxylic acids is 1. The lowest BCUT2D eigenvalue weighted by Gasteiger charge is -2.04. The molecule has 0 aliphatic carbocycles. The summed E-state index contributed by atoms with van der Waals surface area (Å²) in [6.07, 6.45) is 0.876. The summed E-state index contributed by atoms with van der Waals surface area (Å²) in [5, 5.41) is 16.2. The smallest absolute Gasteiger partial charge is 0.288 e. The fourth-order valence-corrected chi connectivity index (χ4v) is 4.70. The van der Waals surface area contributed by atoms with E-state index >= 15 is 0 Å². The number of sulfone groups is 1. The van der Waals surface area contributed by atoms with Crippen molar-refractivity contribution < 1.29 is 18.1 Å². The average molecular weight is 427 g/mol. The Kier molecular flexibility index (Phi) is 4.52. The van der Waals surface area contributed by atoms with Crippen LogP contribution in [0.2, 0.25) is 0 Å². The van der Waals surface area contributed by atoms with Crippen LogP contribution in [-0.2, 0) is 9.84 Å². The number of amides is 1. The first-order chi connectivity index (χ1) is 13.7. The van der Waals surface area contributed by atoms with Crippen molar-refractivity contribution in [2.45, 2.75) is 4.90 Å². The molecule has 8 nitrogen and oxygen atoms in total. The van der Waals surface area contributed by atoms with Crippen LogP contribution in [0.1, 0.15) is 10.4 Å². The zero-order valence-corrected chi connectivity index (χ0v) is 16.6. The zero-order valence-electron chi connectivity index (χ0n) is 14.9. The molecule has 1 amide bonds. The van der Waals surface area contributed by atoms with E-state index in [2.05, 4.69) is 10.3 Å². The second-order valence-corrected chi connectivity index (χ2v) is 9.33. The van der Waals surface area contributed by atoms with Gasteiger partial charge in [0.2, 0.25) is 0 Å². The molecule has 0 bridgehead atoms. The molecule has 10 heteroatoms. The molecule has 0 saturated carbocycles. The van der Waals surface area contributed by atoms with E-state index < -0.39 is 31.3 Å². The first kappa shape index (κ1) is 19.0. The van der Waals surface area contributed by atoms with Gasteiger partial charge < -0.3 is 0 Å². The first-order valence-corrected chi connectivity index (χ1v) is 11.0. The number of thiazole rings is 1. The lowest BCUT2D eigenvalue weighted by Crippen LogP contribution is -2.13. The largest absolute Gasteiger partial charge is 0.298 e. The second-order valence-electron chi connectivity index (χ2n) is 6.32. The van der Waals surface area contributed by atoms with Crippen LogP contribution >= 0.6 is 11.3 Å². The molecule has 4 rings (SSSR count). The number of rotatable bonds is 4. The molecule has 1 heterocycles. The molecular weight excluding hydrogens is 414 g/mol. The number of carbonyl (C=O) groups is 1. The molecule has 4 aromatic rings. The van der Waals surface area contributed by atoms with E-state index in [9.17, 15) is 23.3 Å². The predicted octanol–water partition coefficient (Wildman–Crippen LogP) is 4.01. The van der Waals surface area contributed by atoms with Crippen LogP contribution in [-0.4, -0.2) is 30.5 Å². The van der Waals surface area contributed by atoms with Gasteiger partial charge in [0.15, 0.2) is 15.0 Å². The summed E-state index contributed by atoms with van der Waals surface area (Å²) < 4.78 is 24.3. The van der Waals surface area contributed by atoms with Crippen LogP contribution in [0.4, 0.5) is 10.8 Å². The summed E-state index contributed by atoms with van der Waals surface area (Å²) in [6.45, 7) is 0. The van der Waals surface area contributed by atoms with Crippen LogP contribution in [0.15, 0.2) is 59.5 Å². The number of benzene rings is 3. The number of fused-ring (bicyclic) bond motifs is 3. The van der Waals surface area contributed by atoms with Crippen molar-refractivity contribution >= 4 is 58.9 Å². The lowest BCUT2D eigenvalue weighted by atomic mass is 10.1. The van der Waals surface area contributed by atoms with E-state index in [0.29, 0.717) is 5.13 Å². The minimum Gasteiger partial charge on any atom is -0.298 e. The third-order valence-electron chi connectivity index (χ3n) is 4.32. The third kappa shape index (κ3) is 3.55. The van der Waals surface area contributed by atoms with Crippen molar-refractivity contribution in [1.29, 1.82) is 0 Å². The van der Waals surface area contributed by atoms with E-state index in [1.165, 1.54) is 17.4 Å². The van der Waals surface area contributed by atoms with Crippen LogP contribution in [0.25, 0.3) is 21.0 Å². The van der Waals surface area contributed by atoms with Crippen LogP contribution in [0.3, 0.4) is 0 Å². The van der Waals surface area contributed by atoms with Crippen molar-refractivity contribution in [2.75, 3.05) is 11.6 Å². The fourth-order valence-electron chi connectivity index (χ4n) is 3.00. The van der Waals surface area contributed by atoms with Gasteiger partial charge >= 0.3 is 0 Å². The van der Waals surface area contributed by atoms with E-state index in [-0.39, 0.29) is 5.56 Å². The molecule has 29 heavy (non-hydrogen) atoms. The van der Waals surface area contributed by atoms with E-state index in [0.717, 1.165) is 39.4 Å².